The van der Waals surface area contributed by atoms with Gasteiger partial charge in [0.25, 0.3) is 11.7 Å². The average molecular weight is 528 g/mol. The van der Waals surface area contributed by atoms with Crippen molar-refractivity contribution in [3.8, 4) is 11.5 Å². The Morgan fingerprint density at radius 3 is 2.33 bits per heavy atom. The van der Waals surface area contributed by atoms with Gasteiger partial charge in [-0.2, -0.15) is 0 Å². The third kappa shape index (κ3) is 6.03. The molecule has 1 atom stereocenters. The number of anilines is 1. The predicted molar refractivity (Wildman–Crippen MR) is 150 cm³/mol. The highest BCUT2D eigenvalue weighted by atomic mass is 16.5. The summed E-state index contributed by atoms with van der Waals surface area (Å²) in [7, 11) is 0. The van der Waals surface area contributed by atoms with Gasteiger partial charge in [-0.3, -0.25) is 19.3 Å². The highest BCUT2D eigenvalue weighted by molar-refractivity contribution is 6.51. The Morgan fingerprint density at radius 1 is 0.923 bits per heavy atom. The first-order valence-corrected chi connectivity index (χ1v) is 13.1. The Labute approximate surface area is 228 Å². The van der Waals surface area contributed by atoms with Crippen LogP contribution in [0.4, 0.5) is 5.69 Å². The van der Waals surface area contributed by atoms with Crippen molar-refractivity contribution < 1.29 is 29.0 Å². The zero-order valence-electron chi connectivity index (χ0n) is 22.7. The number of benzene rings is 3. The molecule has 4 rings (SSSR count). The number of nitrogens with zero attached hydrogens (tertiary/aromatic N) is 1. The molecule has 1 N–H and O–H groups in total. The van der Waals surface area contributed by atoms with Crippen LogP contribution < -0.4 is 14.4 Å². The van der Waals surface area contributed by atoms with E-state index in [1.165, 1.54) is 11.8 Å². The molecule has 0 aromatic heterocycles. The second-order valence-electron chi connectivity index (χ2n) is 9.68. The minimum absolute atomic E-state index is 0.0465. The van der Waals surface area contributed by atoms with Crippen molar-refractivity contribution in [1.29, 1.82) is 0 Å². The summed E-state index contributed by atoms with van der Waals surface area (Å²) in [6.07, 6.45) is 3.13. The van der Waals surface area contributed by atoms with Gasteiger partial charge in [-0.05, 0) is 85.5 Å². The minimum Gasteiger partial charge on any atom is -0.507 e. The molecule has 3 aromatic rings. The Bertz CT molecular complexity index is 1420. The zero-order valence-corrected chi connectivity index (χ0v) is 22.7. The van der Waals surface area contributed by atoms with E-state index in [4.69, 9.17) is 9.47 Å². The summed E-state index contributed by atoms with van der Waals surface area (Å²) < 4.78 is 11.0. The number of carbonyl (C=O) groups is 3. The van der Waals surface area contributed by atoms with Gasteiger partial charge < -0.3 is 14.6 Å². The Kier molecular flexibility index (Phi) is 8.49. The minimum atomic E-state index is -0.937. The van der Waals surface area contributed by atoms with Crippen LogP contribution in [0.3, 0.4) is 0 Å². The molecule has 7 heteroatoms. The number of amides is 1. The first kappa shape index (κ1) is 27.6. The van der Waals surface area contributed by atoms with Gasteiger partial charge in [0, 0.05) is 18.2 Å². The van der Waals surface area contributed by atoms with Crippen molar-refractivity contribution in [2.75, 3.05) is 11.5 Å². The monoisotopic (exact) mass is 527 g/mol. The van der Waals surface area contributed by atoms with Gasteiger partial charge >= 0.3 is 5.97 Å². The molecule has 0 bridgehead atoms. The van der Waals surface area contributed by atoms with Crippen LogP contribution in [0.2, 0.25) is 0 Å². The number of aliphatic hydroxyl groups is 1. The molecule has 39 heavy (non-hydrogen) atoms. The maximum Gasteiger partial charge on any atom is 0.308 e. The van der Waals surface area contributed by atoms with Gasteiger partial charge in [-0.25, -0.2) is 0 Å². The third-order valence-corrected chi connectivity index (χ3v) is 6.79. The molecule has 202 valence electrons. The Morgan fingerprint density at radius 2 is 1.67 bits per heavy atom. The molecule has 1 aliphatic heterocycles. The summed E-state index contributed by atoms with van der Waals surface area (Å²) in [5.41, 5.74) is 3.38. The van der Waals surface area contributed by atoms with Gasteiger partial charge in [0.15, 0.2) is 0 Å². The van der Waals surface area contributed by atoms with Crippen molar-refractivity contribution >= 4 is 29.1 Å². The second kappa shape index (κ2) is 12.0. The maximum absolute atomic E-state index is 13.5. The number of ether oxygens (including phenoxy) is 2. The van der Waals surface area contributed by atoms with E-state index in [9.17, 15) is 19.5 Å². The zero-order chi connectivity index (χ0) is 28.1. The Hall–Kier alpha value is -4.39. The molecule has 0 radical (unpaired) electrons. The lowest BCUT2D eigenvalue weighted by molar-refractivity contribution is -0.132. The molecule has 0 aliphatic carbocycles. The van der Waals surface area contributed by atoms with Gasteiger partial charge in [0.05, 0.1) is 18.2 Å². The largest absolute Gasteiger partial charge is 0.507 e. The summed E-state index contributed by atoms with van der Waals surface area (Å²) in [5, 5.41) is 11.4. The molecule has 1 unspecified atom stereocenters. The van der Waals surface area contributed by atoms with Crippen molar-refractivity contribution in [3.63, 3.8) is 0 Å². The Balaban J connectivity index is 1.80. The highest BCUT2D eigenvalue weighted by Gasteiger charge is 2.47. The van der Waals surface area contributed by atoms with Crippen molar-refractivity contribution in [1.82, 2.24) is 0 Å². The maximum atomic E-state index is 13.5. The molecule has 1 aliphatic rings. The fourth-order valence-electron chi connectivity index (χ4n) is 4.61. The number of aryl methyl sites for hydroxylation is 2. The lowest BCUT2D eigenvalue weighted by atomic mass is 9.94. The van der Waals surface area contributed by atoms with Crippen LogP contribution >= 0.6 is 0 Å². The van der Waals surface area contributed by atoms with E-state index >= 15 is 0 Å². The number of esters is 1. The summed E-state index contributed by atoms with van der Waals surface area (Å²) in [6.45, 7) is 7.91. The first-order chi connectivity index (χ1) is 18.7. The fraction of sp³-hybridized carbons (Fsp3) is 0.281. The van der Waals surface area contributed by atoms with E-state index in [1.54, 1.807) is 54.6 Å². The van der Waals surface area contributed by atoms with E-state index in [2.05, 4.69) is 6.92 Å². The molecule has 1 heterocycles. The van der Waals surface area contributed by atoms with Crippen molar-refractivity contribution in [2.45, 2.75) is 53.0 Å². The third-order valence-electron chi connectivity index (χ3n) is 6.79. The highest BCUT2D eigenvalue weighted by Crippen LogP contribution is 2.43. The molecule has 1 amide bonds. The van der Waals surface area contributed by atoms with Crippen molar-refractivity contribution in [3.05, 3.63) is 94.6 Å². The molecule has 3 aromatic carbocycles. The van der Waals surface area contributed by atoms with Gasteiger partial charge in [0.1, 0.15) is 17.3 Å². The molecule has 1 fully saturated rings. The number of Topliss-reactive ketones (excluding diaryl/α,β-unsaturated/α-hetero) is 1. The van der Waals surface area contributed by atoms with Crippen LogP contribution in [-0.2, 0) is 14.4 Å². The average Bonchev–Trinajstić information content (AvgIpc) is 3.18. The smallest absolute Gasteiger partial charge is 0.308 e. The number of carbonyl (C=O) groups excluding carboxylic acids is 3. The summed E-state index contributed by atoms with van der Waals surface area (Å²) >= 11 is 0. The quantitative estimate of drug-likeness (QED) is 0.0862. The number of hydrogen-bond acceptors (Lipinski definition) is 6. The van der Waals surface area contributed by atoms with Gasteiger partial charge in [0.2, 0.25) is 0 Å². The summed E-state index contributed by atoms with van der Waals surface area (Å²) in [4.78, 5) is 39.9. The first-order valence-electron chi connectivity index (χ1n) is 13.1. The fourth-order valence-corrected chi connectivity index (χ4v) is 4.61. The lowest BCUT2D eigenvalue weighted by Gasteiger charge is -2.26. The van der Waals surface area contributed by atoms with Crippen LogP contribution in [0, 0.1) is 13.8 Å². The SMILES string of the molecule is CCCCCOc1ccc(/C(O)=C2\C(=O)C(=O)N(c3ccc(C)c(C)c3)C2c2cccc(OC(C)=O)c2)cc1. The topological polar surface area (TPSA) is 93.1 Å². The second-order valence-corrected chi connectivity index (χ2v) is 9.68. The number of aliphatic hydroxyl groups excluding tert-OH is 1. The van der Waals surface area contributed by atoms with Crippen LogP contribution in [0.5, 0.6) is 11.5 Å². The number of ketones is 1. The lowest BCUT2D eigenvalue weighted by Crippen LogP contribution is -2.29. The molecular formula is C32H33NO6. The number of unbranched alkanes of at least 4 members (excludes halogenated alkanes) is 2. The van der Waals surface area contributed by atoms with E-state index in [1.807, 2.05) is 26.0 Å². The molecular weight excluding hydrogens is 494 g/mol. The van der Waals surface area contributed by atoms with E-state index in [0.717, 1.165) is 30.4 Å². The molecule has 0 spiro atoms. The van der Waals surface area contributed by atoms with Crippen LogP contribution in [0.15, 0.2) is 72.3 Å². The number of rotatable bonds is 9. The van der Waals surface area contributed by atoms with E-state index < -0.39 is 23.7 Å². The van der Waals surface area contributed by atoms with Gasteiger partial charge in [-0.1, -0.05) is 38.0 Å². The summed E-state index contributed by atoms with van der Waals surface area (Å²) in [6, 6.07) is 18.0. The standard InChI is InChI=1S/C32H33NO6/c1-5-6-7-17-38-26-15-12-23(13-16-26)30(35)28-29(24-9-8-10-27(19-24)39-22(4)34)33(32(37)31(28)36)25-14-11-20(2)21(3)18-25/h8-16,18-19,29,35H,5-7,17H2,1-4H3/b30-28+. The van der Waals surface area contributed by atoms with Crippen LogP contribution in [0.1, 0.15) is 61.4 Å². The van der Waals surface area contributed by atoms with Crippen molar-refractivity contribution in [2.24, 2.45) is 0 Å². The molecule has 1 saturated heterocycles. The normalized spacial score (nSPS) is 16.4. The van der Waals surface area contributed by atoms with E-state index in [0.29, 0.717) is 29.2 Å². The number of hydrogen-bond donors (Lipinski definition) is 1. The predicted octanol–water partition coefficient (Wildman–Crippen LogP) is 6.42. The summed E-state index contributed by atoms with van der Waals surface area (Å²) in [5.74, 6) is -1.40. The van der Waals surface area contributed by atoms with Gasteiger partial charge in [-0.15, -0.1) is 0 Å². The molecule has 7 nitrogen and oxygen atoms in total. The van der Waals surface area contributed by atoms with Crippen LogP contribution in [-0.4, -0.2) is 29.4 Å². The van der Waals surface area contributed by atoms with E-state index in [-0.39, 0.29) is 17.1 Å². The molecule has 0 saturated carbocycles. The van der Waals surface area contributed by atoms with Crippen LogP contribution in [0.25, 0.3) is 5.76 Å².